The summed E-state index contributed by atoms with van der Waals surface area (Å²) in [5, 5.41) is 4.93. The van der Waals surface area contributed by atoms with E-state index in [0.717, 1.165) is 30.2 Å². The van der Waals surface area contributed by atoms with Crippen LogP contribution in [0.5, 0.6) is 0 Å². The van der Waals surface area contributed by atoms with Crippen LogP contribution in [-0.2, 0) is 29.9 Å². The monoisotopic (exact) mass is 386 g/mol. The number of nitrogens with one attached hydrogen (secondary N) is 2. The number of sulfonamides is 1. The number of hydrogen-bond acceptors (Lipinski definition) is 4. The van der Waals surface area contributed by atoms with E-state index in [1.165, 1.54) is 22.1 Å². The first-order chi connectivity index (χ1) is 12.8. The average Bonchev–Trinajstić information content (AvgIpc) is 3.14. The fourth-order valence-corrected chi connectivity index (χ4v) is 4.89. The molecule has 1 unspecified atom stereocenters. The number of carbonyl (C=O) groups is 1. The van der Waals surface area contributed by atoms with Crippen LogP contribution in [0, 0.1) is 12.8 Å². The van der Waals surface area contributed by atoms with Crippen molar-refractivity contribution < 1.29 is 13.2 Å². The molecular weight excluding hydrogens is 364 g/mol. The van der Waals surface area contributed by atoms with Gasteiger partial charge in [0.05, 0.1) is 11.9 Å². The van der Waals surface area contributed by atoms with Crippen LogP contribution in [-0.4, -0.2) is 29.1 Å². The molecular formula is C19H22N4O3S. The second kappa shape index (κ2) is 6.23. The molecule has 0 fully saturated rings. The predicted octanol–water partition coefficient (Wildman–Crippen LogP) is 2.45. The third-order valence-corrected chi connectivity index (χ3v) is 6.84. The Bertz CT molecular complexity index is 1160. The van der Waals surface area contributed by atoms with E-state index in [1.807, 2.05) is 6.07 Å². The van der Waals surface area contributed by atoms with Gasteiger partial charge in [-0.3, -0.25) is 9.48 Å². The maximum absolute atomic E-state index is 12.6. The quantitative estimate of drug-likeness (QED) is 0.723. The highest BCUT2D eigenvalue weighted by Crippen LogP contribution is 2.32. The van der Waals surface area contributed by atoms with Crippen molar-refractivity contribution >= 4 is 26.8 Å². The third kappa shape index (κ3) is 3.03. The normalized spacial score (nSPS) is 17.1. The van der Waals surface area contributed by atoms with E-state index >= 15 is 0 Å². The van der Waals surface area contributed by atoms with Gasteiger partial charge in [-0.15, -0.1) is 0 Å². The molecule has 0 aliphatic heterocycles. The second-order valence-electron chi connectivity index (χ2n) is 7.34. The number of amides is 1. The van der Waals surface area contributed by atoms with Gasteiger partial charge in [0.15, 0.2) is 0 Å². The minimum absolute atomic E-state index is 0.00674. The Kier molecular flexibility index (Phi) is 4.10. The van der Waals surface area contributed by atoms with E-state index in [0.29, 0.717) is 17.2 Å². The van der Waals surface area contributed by atoms with E-state index < -0.39 is 15.9 Å². The molecule has 1 aromatic carbocycles. The van der Waals surface area contributed by atoms with Gasteiger partial charge in [-0.25, -0.2) is 13.1 Å². The summed E-state index contributed by atoms with van der Waals surface area (Å²) in [4.78, 5) is 16.1. The maximum atomic E-state index is 12.6. The van der Waals surface area contributed by atoms with E-state index in [1.54, 1.807) is 26.1 Å². The zero-order valence-corrected chi connectivity index (χ0v) is 16.4. The standard InChI is InChI=1S/C19H22N4O3S/c1-11-4-6-16-14(8-11)15-9-13(5-7-17(15)21-16)19(24)22-27(25,26)18-10-20-23(3)12(18)2/h5,7,9-11,21H,4,6,8H2,1-3H3,(H,22,24). The fourth-order valence-electron chi connectivity index (χ4n) is 3.71. The highest BCUT2D eigenvalue weighted by atomic mass is 32.2. The average molecular weight is 386 g/mol. The van der Waals surface area contributed by atoms with Crippen LogP contribution in [0.3, 0.4) is 0 Å². The molecule has 1 amide bonds. The van der Waals surface area contributed by atoms with Crippen LogP contribution in [0.25, 0.3) is 10.9 Å². The number of benzene rings is 1. The Labute approximate surface area is 157 Å². The van der Waals surface area contributed by atoms with Crippen molar-refractivity contribution in [2.24, 2.45) is 13.0 Å². The number of H-pyrrole nitrogens is 1. The number of aryl methyl sites for hydroxylation is 2. The van der Waals surface area contributed by atoms with Crippen molar-refractivity contribution in [2.75, 3.05) is 0 Å². The van der Waals surface area contributed by atoms with Crippen LogP contribution in [0.15, 0.2) is 29.3 Å². The molecule has 1 aliphatic rings. The number of aromatic amines is 1. The molecule has 0 radical (unpaired) electrons. The molecule has 27 heavy (non-hydrogen) atoms. The summed E-state index contributed by atoms with van der Waals surface area (Å²) in [5.74, 6) is -0.0399. The van der Waals surface area contributed by atoms with Crippen LogP contribution < -0.4 is 4.72 Å². The summed E-state index contributed by atoms with van der Waals surface area (Å²) >= 11 is 0. The number of rotatable bonds is 3. The van der Waals surface area contributed by atoms with E-state index in [4.69, 9.17) is 0 Å². The Morgan fingerprint density at radius 1 is 1.37 bits per heavy atom. The first kappa shape index (κ1) is 17.8. The zero-order valence-electron chi connectivity index (χ0n) is 15.5. The number of carbonyl (C=O) groups excluding carboxylic acids is 1. The van der Waals surface area contributed by atoms with Gasteiger partial charge in [0, 0.05) is 29.2 Å². The number of fused-ring (bicyclic) bond motifs is 3. The van der Waals surface area contributed by atoms with Gasteiger partial charge in [-0.05, 0) is 55.9 Å². The van der Waals surface area contributed by atoms with Crippen molar-refractivity contribution in [1.82, 2.24) is 19.5 Å². The maximum Gasteiger partial charge on any atom is 0.267 e. The molecule has 0 bridgehead atoms. The van der Waals surface area contributed by atoms with Crippen LogP contribution in [0.4, 0.5) is 0 Å². The van der Waals surface area contributed by atoms with Gasteiger partial charge in [0.25, 0.3) is 15.9 Å². The summed E-state index contributed by atoms with van der Waals surface area (Å²) < 4.78 is 28.7. The first-order valence-electron chi connectivity index (χ1n) is 8.95. The molecule has 8 heteroatoms. The lowest BCUT2D eigenvalue weighted by Gasteiger charge is -2.18. The molecule has 0 saturated heterocycles. The van der Waals surface area contributed by atoms with Crippen LogP contribution in [0.1, 0.15) is 40.7 Å². The zero-order chi connectivity index (χ0) is 19.3. The van der Waals surface area contributed by atoms with E-state index in [-0.39, 0.29) is 4.90 Å². The topological polar surface area (TPSA) is 96.8 Å². The fraction of sp³-hybridized carbons (Fsp3) is 0.368. The lowest BCUT2D eigenvalue weighted by molar-refractivity contribution is 0.0981. The molecule has 2 N–H and O–H groups in total. The number of nitrogens with zero attached hydrogens (tertiary/aromatic N) is 2. The van der Waals surface area contributed by atoms with Gasteiger partial charge in [0.1, 0.15) is 4.90 Å². The number of aromatic nitrogens is 3. The Morgan fingerprint density at radius 3 is 2.85 bits per heavy atom. The molecule has 0 spiro atoms. The van der Waals surface area contributed by atoms with Crippen LogP contribution in [0.2, 0.25) is 0 Å². The molecule has 1 aliphatic carbocycles. The molecule has 1 atom stereocenters. The van der Waals surface area contributed by atoms with Crippen LogP contribution >= 0.6 is 0 Å². The molecule has 3 aromatic rings. The van der Waals surface area contributed by atoms with Gasteiger partial charge in [0.2, 0.25) is 0 Å². The SMILES string of the molecule is Cc1c(S(=O)(=O)NC(=O)c2ccc3[nH]c4c(c3c2)CC(C)CC4)cnn1C. The van der Waals surface area contributed by atoms with E-state index in [2.05, 4.69) is 21.7 Å². The summed E-state index contributed by atoms with van der Waals surface area (Å²) in [6.07, 6.45) is 4.36. The minimum atomic E-state index is -3.97. The highest BCUT2D eigenvalue weighted by Gasteiger charge is 2.24. The van der Waals surface area contributed by atoms with Crippen molar-refractivity contribution in [3.63, 3.8) is 0 Å². The van der Waals surface area contributed by atoms with E-state index in [9.17, 15) is 13.2 Å². The largest absolute Gasteiger partial charge is 0.358 e. The summed E-state index contributed by atoms with van der Waals surface area (Å²) in [6.45, 7) is 3.87. The first-order valence-corrected chi connectivity index (χ1v) is 10.4. The molecule has 2 heterocycles. The second-order valence-corrected chi connectivity index (χ2v) is 8.99. The minimum Gasteiger partial charge on any atom is -0.358 e. The van der Waals surface area contributed by atoms with Crippen molar-refractivity contribution in [2.45, 2.75) is 38.0 Å². The molecule has 0 saturated carbocycles. The van der Waals surface area contributed by atoms with Gasteiger partial charge >= 0.3 is 0 Å². The van der Waals surface area contributed by atoms with Gasteiger partial charge in [-0.1, -0.05) is 6.92 Å². The summed E-state index contributed by atoms with van der Waals surface area (Å²) in [7, 11) is -2.32. The summed E-state index contributed by atoms with van der Waals surface area (Å²) in [5.41, 5.74) is 4.24. The Hall–Kier alpha value is -2.61. The van der Waals surface area contributed by atoms with Gasteiger partial charge < -0.3 is 4.98 Å². The third-order valence-electron chi connectivity index (χ3n) is 5.40. The predicted molar refractivity (Wildman–Crippen MR) is 102 cm³/mol. The number of hydrogen-bond donors (Lipinski definition) is 2. The van der Waals surface area contributed by atoms with Crippen molar-refractivity contribution in [3.05, 3.63) is 46.9 Å². The molecule has 142 valence electrons. The smallest absolute Gasteiger partial charge is 0.267 e. The summed E-state index contributed by atoms with van der Waals surface area (Å²) in [6, 6.07) is 5.27. The lowest BCUT2D eigenvalue weighted by Crippen LogP contribution is -2.30. The Balaban J connectivity index is 1.67. The molecule has 4 rings (SSSR count). The molecule has 2 aromatic heterocycles. The van der Waals surface area contributed by atoms with Gasteiger partial charge in [-0.2, -0.15) is 5.10 Å². The van der Waals surface area contributed by atoms with Crippen molar-refractivity contribution in [3.8, 4) is 0 Å². The molecule has 7 nitrogen and oxygen atoms in total. The highest BCUT2D eigenvalue weighted by molar-refractivity contribution is 7.90. The van der Waals surface area contributed by atoms with Crippen molar-refractivity contribution in [1.29, 1.82) is 0 Å². The lowest BCUT2D eigenvalue weighted by atomic mass is 9.87. The Morgan fingerprint density at radius 2 is 2.15 bits per heavy atom.